The molecule has 1 aromatic heterocycles. The lowest BCUT2D eigenvalue weighted by Crippen LogP contribution is -2.17. The first-order chi connectivity index (χ1) is 11.4. The number of aromatic nitrogens is 3. The zero-order valence-corrected chi connectivity index (χ0v) is 13.1. The van der Waals surface area contributed by atoms with Gasteiger partial charge in [-0.1, -0.05) is 30.3 Å². The van der Waals surface area contributed by atoms with E-state index in [0.29, 0.717) is 0 Å². The molecule has 116 valence electrons. The van der Waals surface area contributed by atoms with E-state index in [4.69, 9.17) is 0 Å². The van der Waals surface area contributed by atoms with Crippen molar-refractivity contribution in [3.05, 3.63) is 66.5 Å². The summed E-state index contributed by atoms with van der Waals surface area (Å²) in [5.74, 6) is 0.918. The van der Waals surface area contributed by atoms with Crippen molar-refractivity contribution in [2.24, 2.45) is 0 Å². The summed E-state index contributed by atoms with van der Waals surface area (Å²) < 4.78 is 2.10. The molecule has 0 amide bonds. The maximum absolute atomic E-state index is 4.31. The van der Waals surface area contributed by atoms with Crippen molar-refractivity contribution in [3.8, 4) is 11.4 Å². The zero-order valence-electron chi connectivity index (χ0n) is 13.1. The topological polar surface area (TPSA) is 34.0 Å². The molecule has 1 aliphatic heterocycles. The second-order valence-corrected chi connectivity index (χ2v) is 6.01. The van der Waals surface area contributed by atoms with Crippen LogP contribution in [0.4, 0.5) is 5.69 Å². The van der Waals surface area contributed by atoms with Gasteiger partial charge in [0.2, 0.25) is 0 Å². The predicted molar refractivity (Wildman–Crippen MR) is 92.4 cm³/mol. The lowest BCUT2D eigenvalue weighted by Gasteiger charge is -2.17. The van der Waals surface area contributed by atoms with Crippen LogP contribution in [0.1, 0.15) is 18.4 Å². The SMILES string of the molecule is c1ccc(Cn2cnnc2-c2ccc(N3CCCC3)cc2)cc1. The molecule has 0 atom stereocenters. The molecule has 0 N–H and O–H groups in total. The highest BCUT2D eigenvalue weighted by Crippen LogP contribution is 2.24. The molecule has 2 heterocycles. The molecule has 4 heteroatoms. The van der Waals surface area contributed by atoms with Gasteiger partial charge in [-0.25, -0.2) is 0 Å². The Morgan fingerprint density at radius 3 is 2.35 bits per heavy atom. The first-order valence-electron chi connectivity index (χ1n) is 8.17. The third-order valence-corrected chi connectivity index (χ3v) is 4.41. The van der Waals surface area contributed by atoms with Gasteiger partial charge in [0.1, 0.15) is 6.33 Å². The smallest absolute Gasteiger partial charge is 0.164 e. The van der Waals surface area contributed by atoms with Crippen LogP contribution in [0, 0.1) is 0 Å². The number of hydrogen-bond acceptors (Lipinski definition) is 3. The molecule has 1 saturated heterocycles. The van der Waals surface area contributed by atoms with Gasteiger partial charge in [-0.15, -0.1) is 10.2 Å². The zero-order chi connectivity index (χ0) is 15.5. The largest absolute Gasteiger partial charge is 0.372 e. The highest BCUT2D eigenvalue weighted by Gasteiger charge is 2.13. The van der Waals surface area contributed by atoms with E-state index in [2.05, 4.69) is 68.2 Å². The summed E-state index contributed by atoms with van der Waals surface area (Å²) in [6.07, 6.45) is 4.40. The maximum Gasteiger partial charge on any atom is 0.164 e. The van der Waals surface area contributed by atoms with Crippen LogP contribution >= 0.6 is 0 Å². The van der Waals surface area contributed by atoms with Crippen LogP contribution in [0.25, 0.3) is 11.4 Å². The van der Waals surface area contributed by atoms with Gasteiger partial charge in [-0.05, 0) is 42.7 Å². The molecule has 4 rings (SSSR count). The van der Waals surface area contributed by atoms with Crippen molar-refractivity contribution < 1.29 is 0 Å². The van der Waals surface area contributed by atoms with Gasteiger partial charge in [0.15, 0.2) is 5.82 Å². The Bertz CT molecular complexity index is 756. The average Bonchev–Trinajstić information content (AvgIpc) is 3.28. The standard InChI is InChI=1S/C19H20N4/c1-2-6-16(7-3-1)14-23-15-20-21-19(23)17-8-10-18(11-9-17)22-12-4-5-13-22/h1-3,6-11,15H,4-5,12-14H2. The molecule has 0 aliphatic carbocycles. The molecule has 0 bridgehead atoms. The Balaban J connectivity index is 1.57. The molecule has 1 fully saturated rings. The molecule has 0 unspecified atom stereocenters. The Kier molecular flexibility index (Phi) is 3.80. The van der Waals surface area contributed by atoms with E-state index in [0.717, 1.165) is 17.9 Å². The highest BCUT2D eigenvalue weighted by atomic mass is 15.3. The van der Waals surface area contributed by atoms with Crippen molar-refractivity contribution in [3.63, 3.8) is 0 Å². The van der Waals surface area contributed by atoms with E-state index < -0.39 is 0 Å². The number of rotatable bonds is 4. The van der Waals surface area contributed by atoms with Gasteiger partial charge in [0.05, 0.1) is 6.54 Å². The Hall–Kier alpha value is -2.62. The van der Waals surface area contributed by atoms with Crippen molar-refractivity contribution in [1.82, 2.24) is 14.8 Å². The fraction of sp³-hybridized carbons (Fsp3) is 0.263. The van der Waals surface area contributed by atoms with E-state index in [1.165, 1.54) is 37.2 Å². The van der Waals surface area contributed by atoms with E-state index in [9.17, 15) is 0 Å². The quantitative estimate of drug-likeness (QED) is 0.738. The monoisotopic (exact) mass is 304 g/mol. The lowest BCUT2D eigenvalue weighted by molar-refractivity contribution is 0.803. The molecule has 2 aromatic carbocycles. The van der Waals surface area contributed by atoms with Crippen molar-refractivity contribution >= 4 is 5.69 Å². The van der Waals surface area contributed by atoms with Gasteiger partial charge < -0.3 is 9.47 Å². The van der Waals surface area contributed by atoms with Crippen LogP contribution in [0.15, 0.2) is 60.9 Å². The van der Waals surface area contributed by atoms with Gasteiger partial charge in [-0.3, -0.25) is 0 Å². The van der Waals surface area contributed by atoms with E-state index >= 15 is 0 Å². The molecule has 1 aliphatic rings. The summed E-state index contributed by atoms with van der Waals surface area (Å²) in [4.78, 5) is 2.44. The minimum Gasteiger partial charge on any atom is -0.372 e. The van der Waals surface area contributed by atoms with Crippen molar-refractivity contribution in [2.75, 3.05) is 18.0 Å². The molecule has 3 aromatic rings. The molecular weight excluding hydrogens is 284 g/mol. The van der Waals surface area contributed by atoms with Gasteiger partial charge in [0, 0.05) is 24.3 Å². The second kappa shape index (κ2) is 6.24. The summed E-state index contributed by atoms with van der Waals surface area (Å²) in [5, 5.41) is 8.41. The normalized spacial score (nSPS) is 14.3. The minimum absolute atomic E-state index is 0.789. The third-order valence-electron chi connectivity index (χ3n) is 4.41. The third kappa shape index (κ3) is 2.97. The first-order valence-corrected chi connectivity index (χ1v) is 8.17. The molecular formula is C19H20N4. The maximum atomic E-state index is 4.31. The predicted octanol–water partition coefficient (Wildman–Crippen LogP) is 3.59. The van der Waals surface area contributed by atoms with Crippen LogP contribution < -0.4 is 4.90 Å². The van der Waals surface area contributed by atoms with Crippen LogP contribution in [0.3, 0.4) is 0 Å². The first kappa shape index (κ1) is 14.0. The van der Waals surface area contributed by atoms with Gasteiger partial charge in [0.25, 0.3) is 0 Å². The average molecular weight is 304 g/mol. The fourth-order valence-corrected chi connectivity index (χ4v) is 3.17. The van der Waals surface area contributed by atoms with Gasteiger partial charge in [-0.2, -0.15) is 0 Å². The van der Waals surface area contributed by atoms with Crippen LogP contribution in [0.2, 0.25) is 0 Å². The van der Waals surface area contributed by atoms with Crippen molar-refractivity contribution in [2.45, 2.75) is 19.4 Å². The lowest BCUT2D eigenvalue weighted by atomic mass is 10.1. The van der Waals surface area contributed by atoms with E-state index in [-0.39, 0.29) is 0 Å². The Labute approximate surface area is 136 Å². The molecule has 4 nitrogen and oxygen atoms in total. The van der Waals surface area contributed by atoms with E-state index in [1.807, 2.05) is 6.07 Å². The number of hydrogen-bond donors (Lipinski definition) is 0. The van der Waals surface area contributed by atoms with E-state index in [1.54, 1.807) is 6.33 Å². The molecule has 23 heavy (non-hydrogen) atoms. The van der Waals surface area contributed by atoms with Crippen LogP contribution in [-0.4, -0.2) is 27.9 Å². The summed E-state index contributed by atoms with van der Waals surface area (Å²) in [6, 6.07) is 19.1. The van der Waals surface area contributed by atoms with Crippen LogP contribution in [-0.2, 0) is 6.54 Å². The molecule has 0 radical (unpaired) electrons. The summed E-state index contributed by atoms with van der Waals surface area (Å²) in [6.45, 7) is 3.13. The van der Waals surface area contributed by atoms with Crippen LogP contribution in [0.5, 0.6) is 0 Å². The van der Waals surface area contributed by atoms with Gasteiger partial charge >= 0.3 is 0 Å². The highest BCUT2D eigenvalue weighted by molar-refractivity contribution is 5.61. The summed E-state index contributed by atoms with van der Waals surface area (Å²) >= 11 is 0. The molecule has 0 spiro atoms. The molecule has 0 saturated carbocycles. The Morgan fingerprint density at radius 1 is 0.870 bits per heavy atom. The summed E-state index contributed by atoms with van der Waals surface area (Å²) in [7, 11) is 0. The number of nitrogens with zero attached hydrogens (tertiary/aromatic N) is 4. The second-order valence-electron chi connectivity index (χ2n) is 6.01. The summed E-state index contributed by atoms with van der Waals surface area (Å²) in [5.41, 5.74) is 3.67. The Morgan fingerprint density at radius 2 is 1.61 bits per heavy atom. The minimum atomic E-state index is 0.789. The van der Waals surface area contributed by atoms with Crippen molar-refractivity contribution in [1.29, 1.82) is 0 Å². The number of anilines is 1. The number of benzene rings is 2. The fourth-order valence-electron chi connectivity index (χ4n) is 3.17.